The van der Waals surface area contributed by atoms with Crippen LogP contribution in [0.2, 0.25) is 0 Å². The Kier molecular flexibility index (Phi) is 1.98. The summed E-state index contributed by atoms with van der Waals surface area (Å²) < 4.78 is 0. The molecule has 74 valence electrons. The Morgan fingerprint density at radius 1 is 1.64 bits per heavy atom. The Balaban J connectivity index is 2.55. The largest absolute Gasteiger partial charge is 0.394 e. The molecule has 2 aromatic heterocycles. The molecule has 2 heterocycles. The minimum atomic E-state index is -0.847. The van der Waals surface area contributed by atoms with Crippen LogP contribution in [-0.2, 0) is 5.54 Å². The number of pyridine rings is 1. The van der Waals surface area contributed by atoms with Crippen molar-refractivity contribution in [1.82, 2.24) is 15.0 Å². The van der Waals surface area contributed by atoms with Crippen molar-refractivity contribution in [1.29, 1.82) is 0 Å². The average molecular weight is 192 g/mol. The highest BCUT2D eigenvalue weighted by Gasteiger charge is 2.24. The number of hydrogen-bond acceptors (Lipinski definition) is 4. The lowest BCUT2D eigenvalue weighted by Crippen LogP contribution is -2.38. The zero-order valence-electron chi connectivity index (χ0n) is 7.86. The van der Waals surface area contributed by atoms with Gasteiger partial charge in [0.25, 0.3) is 0 Å². The lowest BCUT2D eigenvalue weighted by atomic mass is 10.1. The monoisotopic (exact) mass is 192 g/mol. The van der Waals surface area contributed by atoms with Crippen molar-refractivity contribution in [3.63, 3.8) is 0 Å². The number of fused-ring (bicyclic) bond motifs is 1. The number of aliphatic hydroxyl groups excluding tert-OH is 1. The number of rotatable bonds is 2. The van der Waals surface area contributed by atoms with Gasteiger partial charge in [0, 0.05) is 6.20 Å². The molecule has 0 saturated heterocycles. The number of aliphatic hydroxyl groups is 1. The van der Waals surface area contributed by atoms with Gasteiger partial charge in [-0.1, -0.05) is 0 Å². The van der Waals surface area contributed by atoms with Gasteiger partial charge in [0.15, 0.2) is 5.65 Å². The van der Waals surface area contributed by atoms with Crippen LogP contribution in [0.1, 0.15) is 12.7 Å². The van der Waals surface area contributed by atoms with Gasteiger partial charge < -0.3 is 15.8 Å². The molecule has 0 saturated carbocycles. The van der Waals surface area contributed by atoms with Crippen molar-refractivity contribution in [3.05, 3.63) is 24.2 Å². The molecular formula is C9H12N4O. The van der Waals surface area contributed by atoms with Crippen molar-refractivity contribution >= 4 is 11.2 Å². The first-order chi connectivity index (χ1) is 6.63. The van der Waals surface area contributed by atoms with Crippen LogP contribution in [0, 0.1) is 0 Å². The second kappa shape index (κ2) is 3.04. The summed E-state index contributed by atoms with van der Waals surface area (Å²) in [7, 11) is 0. The molecule has 5 nitrogen and oxygen atoms in total. The molecular weight excluding hydrogens is 180 g/mol. The molecule has 1 unspecified atom stereocenters. The summed E-state index contributed by atoms with van der Waals surface area (Å²) in [4.78, 5) is 11.3. The van der Waals surface area contributed by atoms with Gasteiger partial charge in [-0.15, -0.1) is 0 Å². The van der Waals surface area contributed by atoms with Crippen molar-refractivity contribution in [3.8, 4) is 0 Å². The molecule has 0 fully saturated rings. The number of nitrogens with two attached hydrogens (primary N) is 1. The highest BCUT2D eigenvalue weighted by Crippen LogP contribution is 2.16. The molecule has 2 rings (SSSR count). The third-order valence-electron chi connectivity index (χ3n) is 2.13. The van der Waals surface area contributed by atoms with Crippen molar-refractivity contribution < 1.29 is 5.11 Å². The van der Waals surface area contributed by atoms with E-state index in [2.05, 4.69) is 15.0 Å². The predicted octanol–water partition coefficient (Wildman–Crippen LogP) is 0.124. The standard InChI is InChI=1S/C9H12N4O/c1-9(10,5-14)8-12-6-3-2-4-11-7(6)13-8/h2-4,14H,5,10H2,1H3,(H,11,12,13). The highest BCUT2D eigenvalue weighted by molar-refractivity contribution is 5.70. The lowest BCUT2D eigenvalue weighted by Gasteiger charge is -2.17. The van der Waals surface area contributed by atoms with Gasteiger partial charge in [-0.2, -0.15) is 0 Å². The maximum atomic E-state index is 9.07. The fourth-order valence-electron chi connectivity index (χ4n) is 1.19. The first-order valence-electron chi connectivity index (χ1n) is 4.34. The lowest BCUT2D eigenvalue weighted by molar-refractivity contribution is 0.204. The second-order valence-corrected chi connectivity index (χ2v) is 3.54. The Morgan fingerprint density at radius 3 is 3.07 bits per heavy atom. The minimum Gasteiger partial charge on any atom is -0.394 e. The minimum absolute atomic E-state index is 0.160. The third kappa shape index (κ3) is 1.36. The van der Waals surface area contributed by atoms with Crippen LogP contribution < -0.4 is 5.73 Å². The van der Waals surface area contributed by atoms with Crippen LogP contribution in [0.25, 0.3) is 11.2 Å². The summed E-state index contributed by atoms with van der Waals surface area (Å²) in [6.45, 7) is 1.55. The number of nitrogens with zero attached hydrogens (tertiary/aromatic N) is 2. The molecule has 2 aromatic rings. The zero-order valence-corrected chi connectivity index (χ0v) is 7.86. The Bertz CT molecular complexity index is 416. The molecule has 0 spiro atoms. The molecule has 0 aromatic carbocycles. The van der Waals surface area contributed by atoms with Gasteiger partial charge in [-0.05, 0) is 19.1 Å². The van der Waals surface area contributed by atoms with E-state index in [0.29, 0.717) is 11.5 Å². The fraction of sp³-hybridized carbons (Fsp3) is 0.333. The Hall–Kier alpha value is -1.46. The highest BCUT2D eigenvalue weighted by atomic mass is 16.3. The van der Waals surface area contributed by atoms with E-state index in [4.69, 9.17) is 10.8 Å². The van der Waals surface area contributed by atoms with Crippen LogP contribution in [-0.4, -0.2) is 26.7 Å². The van der Waals surface area contributed by atoms with E-state index in [1.165, 1.54) is 0 Å². The molecule has 0 amide bonds. The summed E-state index contributed by atoms with van der Waals surface area (Å²) in [5, 5.41) is 9.07. The van der Waals surface area contributed by atoms with E-state index in [9.17, 15) is 0 Å². The molecule has 0 aliphatic carbocycles. The fourth-order valence-corrected chi connectivity index (χ4v) is 1.19. The van der Waals surface area contributed by atoms with Crippen LogP contribution in [0.4, 0.5) is 0 Å². The number of aromatic nitrogens is 3. The first kappa shape index (κ1) is 9.11. The zero-order chi connectivity index (χ0) is 10.2. The second-order valence-electron chi connectivity index (χ2n) is 3.54. The maximum absolute atomic E-state index is 9.07. The van der Waals surface area contributed by atoms with Gasteiger partial charge in [0.2, 0.25) is 0 Å². The summed E-state index contributed by atoms with van der Waals surface area (Å²) in [5.41, 5.74) is 6.43. The summed E-state index contributed by atoms with van der Waals surface area (Å²) in [6, 6.07) is 3.68. The smallest absolute Gasteiger partial charge is 0.177 e. The van der Waals surface area contributed by atoms with Crippen molar-refractivity contribution in [2.75, 3.05) is 6.61 Å². The molecule has 0 aliphatic heterocycles. The molecule has 14 heavy (non-hydrogen) atoms. The van der Waals surface area contributed by atoms with E-state index in [0.717, 1.165) is 5.52 Å². The van der Waals surface area contributed by atoms with Crippen LogP contribution in [0.15, 0.2) is 18.3 Å². The molecule has 0 bridgehead atoms. The van der Waals surface area contributed by atoms with E-state index < -0.39 is 5.54 Å². The number of nitrogens with one attached hydrogen (secondary N) is 1. The summed E-state index contributed by atoms with van der Waals surface area (Å²) in [5.74, 6) is 0.550. The molecule has 4 N–H and O–H groups in total. The third-order valence-corrected chi connectivity index (χ3v) is 2.13. The number of aromatic amines is 1. The van der Waals surface area contributed by atoms with Crippen LogP contribution >= 0.6 is 0 Å². The quantitative estimate of drug-likeness (QED) is 0.630. The van der Waals surface area contributed by atoms with Crippen LogP contribution in [0.3, 0.4) is 0 Å². The van der Waals surface area contributed by atoms with Crippen LogP contribution in [0.5, 0.6) is 0 Å². The Morgan fingerprint density at radius 2 is 2.43 bits per heavy atom. The number of imidazole rings is 1. The van der Waals surface area contributed by atoms with Gasteiger partial charge in [0.05, 0.1) is 17.7 Å². The van der Waals surface area contributed by atoms with E-state index >= 15 is 0 Å². The van der Waals surface area contributed by atoms with Crippen molar-refractivity contribution in [2.24, 2.45) is 5.73 Å². The topological polar surface area (TPSA) is 87.8 Å². The van der Waals surface area contributed by atoms with Gasteiger partial charge in [-0.3, -0.25) is 0 Å². The molecule has 5 heteroatoms. The van der Waals surface area contributed by atoms with Gasteiger partial charge >= 0.3 is 0 Å². The van der Waals surface area contributed by atoms with Crippen molar-refractivity contribution in [2.45, 2.75) is 12.5 Å². The van der Waals surface area contributed by atoms with Gasteiger partial charge in [0.1, 0.15) is 5.82 Å². The molecule has 0 radical (unpaired) electrons. The summed E-state index contributed by atoms with van der Waals surface area (Å²) >= 11 is 0. The first-order valence-corrected chi connectivity index (χ1v) is 4.34. The number of hydrogen-bond donors (Lipinski definition) is 3. The SMILES string of the molecule is CC(N)(CO)c1nc2ncccc2[nH]1. The molecule has 1 atom stereocenters. The number of H-pyrrole nitrogens is 1. The summed E-state index contributed by atoms with van der Waals surface area (Å²) in [6.07, 6.45) is 1.67. The maximum Gasteiger partial charge on any atom is 0.177 e. The predicted molar refractivity (Wildman–Crippen MR) is 52.5 cm³/mol. The normalized spacial score (nSPS) is 15.6. The van der Waals surface area contributed by atoms with Gasteiger partial charge in [-0.25, -0.2) is 9.97 Å². The van der Waals surface area contributed by atoms with E-state index in [1.54, 1.807) is 13.1 Å². The average Bonchev–Trinajstić information content (AvgIpc) is 2.61. The van der Waals surface area contributed by atoms with E-state index in [-0.39, 0.29) is 6.61 Å². The molecule has 0 aliphatic rings. The van der Waals surface area contributed by atoms with E-state index in [1.807, 2.05) is 12.1 Å². The Labute approximate surface area is 81.0 Å².